The summed E-state index contributed by atoms with van der Waals surface area (Å²) >= 11 is 0. The topological polar surface area (TPSA) is 15.3 Å². The van der Waals surface area contributed by atoms with Gasteiger partial charge in [0.1, 0.15) is 0 Å². The molecule has 0 aliphatic rings. The molecule has 0 saturated heterocycles. The number of hydrogen-bond acceptors (Lipinski definition) is 2. The summed E-state index contributed by atoms with van der Waals surface area (Å²) in [6.45, 7) is 27.5. The highest BCUT2D eigenvalue weighted by Crippen LogP contribution is 2.56. The Kier molecular flexibility index (Phi) is 11.8. The zero-order valence-corrected chi connectivity index (χ0v) is 51.7. The van der Waals surface area contributed by atoms with E-state index in [0.29, 0.717) is 0 Å². The summed E-state index contributed by atoms with van der Waals surface area (Å²) < 4.78 is 5.30. The average molecular weight is 1120 g/mol. The second kappa shape index (κ2) is 19.1. The number of fused-ring (bicyclic) bond motifs is 12. The molecule has 0 radical (unpaired) electrons. The van der Waals surface area contributed by atoms with Crippen LogP contribution >= 0.6 is 0 Å². The predicted octanol–water partition coefficient (Wildman–Crippen LogP) is 23.5. The number of benzene rings is 11. The molecule has 0 unspecified atom stereocenters. The summed E-state index contributed by atoms with van der Waals surface area (Å²) in [5.74, 6) is 0. The molecule has 4 aromatic heterocycles. The Labute approximate surface area is 505 Å². The summed E-state index contributed by atoms with van der Waals surface area (Å²) in [6, 6.07) is 87.7. The van der Waals surface area contributed by atoms with Crippen LogP contribution in [0.5, 0.6) is 0 Å². The van der Waals surface area contributed by atoms with Gasteiger partial charge in [0.2, 0.25) is 0 Å². The van der Waals surface area contributed by atoms with Crippen molar-refractivity contribution in [1.29, 1.82) is 0 Å². The fourth-order valence-electron chi connectivity index (χ4n) is 14.2. The van der Waals surface area contributed by atoms with Gasteiger partial charge in [-0.25, -0.2) is 0 Å². The fraction of sp³-hybridized carbons (Fsp3) is 0.195. The van der Waals surface area contributed by atoms with Crippen LogP contribution in [0.3, 0.4) is 0 Å². The van der Waals surface area contributed by atoms with Crippen LogP contribution in [0.4, 0.5) is 34.1 Å². The molecule has 0 amide bonds. The molecule has 4 nitrogen and oxygen atoms in total. The van der Waals surface area contributed by atoms with E-state index in [4.69, 9.17) is 0 Å². The molecule has 4 heteroatoms. The van der Waals surface area contributed by atoms with Gasteiger partial charge in [-0.2, -0.15) is 0 Å². The van der Waals surface area contributed by atoms with Crippen LogP contribution in [-0.2, 0) is 21.7 Å². The number of hydrogen-bond donors (Lipinski definition) is 0. The Morgan fingerprint density at radius 1 is 0.244 bits per heavy atom. The first-order valence-electron chi connectivity index (χ1n) is 30.8. The van der Waals surface area contributed by atoms with Crippen LogP contribution in [0, 0.1) is 0 Å². The first-order chi connectivity index (χ1) is 41.3. The number of para-hydroxylation sites is 2. The van der Waals surface area contributed by atoms with Crippen LogP contribution in [0.1, 0.15) is 105 Å². The average Bonchev–Trinajstić information content (AvgIpc) is 1.50. The summed E-state index contributed by atoms with van der Waals surface area (Å²) in [5.41, 5.74) is 24.3. The summed E-state index contributed by atoms with van der Waals surface area (Å²) in [5, 5.41) is 9.91. The Bertz CT molecular complexity index is 4630. The lowest BCUT2D eigenvalue weighted by Crippen LogP contribution is -2.14. The molecule has 0 bridgehead atoms. The molecule has 0 aliphatic heterocycles. The van der Waals surface area contributed by atoms with E-state index >= 15 is 0 Å². The molecule has 422 valence electrons. The predicted molar refractivity (Wildman–Crippen MR) is 371 cm³/mol. The van der Waals surface area contributed by atoms with Gasteiger partial charge in [-0.05, 0) is 128 Å². The lowest BCUT2D eigenvalue weighted by Gasteiger charge is -2.29. The van der Waals surface area contributed by atoms with Gasteiger partial charge in [0.05, 0.1) is 44.5 Å². The van der Waals surface area contributed by atoms with Gasteiger partial charge in [-0.1, -0.05) is 241 Å². The molecular formula is C82H74N4. The molecule has 0 fully saturated rings. The minimum atomic E-state index is 0.0190. The lowest BCUT2D eigenvalue weighted by molar-refractivity contribution is 0.590. The van der Waals surface area contributed by atoms with Crippen molar-refractivity contribution < 1.29 is 0 Å². The Balaban J connectivity index is 1.07. The molecule has 0 spiro atoms. The SMILES string of the molecule is CC(C)(C)c1ccc(N(c2ccc(C(C)(C)C)cc2)c2cccc3c2c2cccc4c5c(-c6ccccc6)c6c(c(-c7ccccc7)c5n3c24)c2cccc3c4c(N(c5ccc(C(C)(C)C)cc5)c5ccc(C(C)(C)C)cc5)cccc4n6c32)cc1. The van der Waals surface area contributed by atoms with Crippen molar-refractivity contribution >= 4 is 110 Å². The molecule has 15 aromatic rings. The van der Waals surface area contributed by atoms with Gasteiger partial charge >= 0.3 is 0 Å². The van der Waals surface area contributed by atoms with Crippen LogP contribution < -0.4 is 9.80 Å². The minimum absolute atomic E-state index is 0.0190. The smallest absolute Gasteiger partial charge is 0.0634 e. The van der Waals surface area contributed by atoms with Crippen LogP contribution in [0.2, 0.25) is 0 Å². The van der Waals surface area contributed by atoms with Crippen LogP contribution in [0.15, 0.2) is 231 Å². The molecule has 0 N–H and O–H groups in total. The van der Waals surface area contributed by atoms with Gasteiger partial charge in [-0.3, -0.25) is 0 Å². The summed E-state index contributed by atoms with van der Waals surface area (Å²) in [6.07, 6.45) is 0. The third kappa shape index (κ3) is 8.16. The zero-order valence-electron chi connectivity index (χ0n) is 51.7. The van der Waals surface area contributed by atoms with E-state index in [0.717, 1.165) is 34.1 Å². The first kappa shape index (κ1) is 53.4. The maximum atomic E-state index is 2.65. The Morgan fingerprint density at radius 3 is 0.791 bits per heavy atom. The van der Waals surface area contributed by atoms with Crippen molar-refractivity contribution in [3.63, 3.8) is 0 Å². The van der Waals surface area contributed by atoms with Gasteiger partial charge in [0, 0.05) is 77.0 Å². The lowest BCUT2D eigenvalue weighted by atomic mass is 9.86. The molecule has 4 heterocycles. The molecule has 11 aromatic carbocycles. The van der Waals surface area contributed by atoms with Crippen molar-refractivity contribution in [3.05, 3.63) is 253 Å². The largest absolute Gasteiger partial charge is 0.310 e. The number of anilines is 6. The maximum Gasteiger partial charge on any atom is 0.0634 e. The second-order valence-electron chi connectivity index (χ2n) is 28.2. The number of rotatable bonds is 8. The van der Waals surface area contributed by atoms with Crippen LogP contribution in [-0.4, -0.2) is 8.80 Å². The van der Waals surface area contributed by atoms with Gasteiger partial charge < -0.3 is 18.6 Å². The number of aromatic nitrogens is 2. The van der Waals surface area contributed by atoms with Crippen molar-refractivity contribution in [2.45, 2.75) is 105 Å². The summed E-state index contributed by atoms with van der Waals surface area (Å²) in [4.78, 5) is 4.99. The van der Waals surface area contributed by atoms with E-state index in [1.54, 1.807) is 0 Å². The van der Waals surface area contributed by atoms with E-state index in [-0.39, 0.29) is 21.7 Å². The molecule has 86 heavy (non-hydrogen) atoms. The second-order valence-corrected chi connectivity index (χ2v) is 28.2. The maximum absolute atomic E-state index is 2.65. The molecule has 0 atom stereocenters. The monoisotopic (exact) mass is 1110 g/mol. The molecule has 15 rings (SSSR count). The minimum Gasteiger partial charge on any atom is -0.310 e. The highest BCUT2D eigenvalue weighted by atomic mass is 15.2. The van der Waals surface area contributed by atoms with Crippen LogP contribution in [0.25, 0.3) is 98.4 Å². The van der Waals surface area contributed by atoms with E-state index < -0.39 is 0 Å². The van der Waals surface area contributed by atoms with Crippen molar-refractivity contribution in [1.82, 2.24) is 8.80 Å². The quantitative estimate of drug-likeness (QED) is 0.151. The number of nitrogens with zero attached hydrogens (tertiary/aromatic N) is 4. The fourth-order valence-corrected chi connectivity index (χ4v) is 14.2. The van der Waals surface area contributed by atoms with Gasteiger partial charge in [0.15, 0.2) is 0 Å². The Morgan fingerprint density at radius 2 is 0.512 bits per heavy atom. The third-order valence-corrected chi connectivity index (χ3v) is 18.6. The normalized spacial score (nSPS) is 12.9. The molecule has 0 saturated carbocycles. The molecule has 0 aliphatic carbocycles. The van der Waals surface area contributed by atoms with E-state index in [9.17, 15) is 0 Å². The van der Waals surface area contributed by atoms with Gasteiger partial charge in [0.25, 0.3) is 0 Å². The third-order valence-electron chi connectivity index (χ3n) is 18.6. The summed E-state index contributed by atoms with van der Waals surface area (Å²) in [7, 11) is 0. The van der Waals surface area contributed by atoms with Gasteiger partial charge in [-0.15, -0.1) is 0 Å². The first-order valence-corrected chi connectivity index (χ1v) is 30.8. The van der Waals surface area contributed by atoms with Crippen molar-refractivity contribution in [3.8, 4) is 22.3 Å². The zero-order chi connectivity index (χ0) is 59.3. The highest BCUT2D eigenvalue weighted by Gasteiger charge is 2.33. The standard InChI is InChI=1S/C82H74N4/c1-79(2,3)53-35-43-57(44-36-53)83(58-45-37-54(38-46-58)80(4,5)6)65-31-21-33-67-71(65)61-27-19-29-63-73-70(52-25-17-14-18-26-52)78-74(69(51-23-15-13-16-24-51)77(73)85(67)75(61)63)64-30-20-28-62-72-66(32-22-34-68(72)86(78)76(62)64)84(59-47-39-55(40-48-59)81(7,8)9)60-49-41-56(42-50-60)82(10,11)12/h13-50H,1-12H3. The van der Waals surface area contributed by atoms with E-state index in [1.807, 2.05) is 0 Å². The van der Waals surface area contributed by atoms with E-state index in [1.165, 1.54) is 121 Å². The van der Waals surface area contributed by atoms with Crippen molar-refractivity contribution in [2.24, 2.45) is 0 Å². The van der Waals surface area contributed by atoms with Crippen molar-refractivity contribution in [2.75, 3.05) is 9.80 Å². The highest BCUT2D eigenvalue weighted by molar-refractivity contribution is 6.39. The van der Waals surface area contributed by atoms with E-state index in [2.05, 4.69) is 332 Å². The molecular weight excluding hydrogens is 1040 g/mol. The Hall–Kier alpha value is -9.38.